The summed E-state index contributed by atoms with van der Waals surface area (Å²) in [6.45, 7) is 30.5. The summed E-state index contributed by atoms with van der Waals surface area (Å²) in [7, 11) is -9.52. The zero-order valence-electron chi connectivity index (χ0n) is 28.5. The van der Waals surface area contributed by atoms with Crippen molar-refractivity contribution < 1.29 is 50.4 Å². The smallest absolute Gasteiger partial charge is 0.334 e. The number of carbonyl (C=O) groups is 2. The van der Waals surface area contributed by atoms with Gasteiger partial charge in [-0.05, 0) is 63.5 Å². The zero-order valence-corrected chi connectivity index (χ0v) is 32.5. The van der Waals surface area contributed by atoms with Crippen LogP contribution >= 0.6 is 0 Å². The minimum atomic E-state index is -2.63. The Kier molecular flexibility index (Phi) is 23.0. The number of hydrogen-bond donors (Lipinski definition) is 0. The van der Waals surface area contributed by atoms with Gasteiger partial charge in [0.1, 0.15) is 13.2 Å². The molecule has 260 valence electrons. The summed E-state index contributed by atoms with van der Waals surface area (Å²) >= 11 is 0. The zero-order chi connectivity index (χ0) is 34.2. The van der Waals surface area contributed by atoms with Crippen LogP contribution < -0.4 is 0 Å². The van der Waals surface area contributed by atoms with Crippen LogP contribution in [-0.4, -0.2) is 112 Å². The summed E-state index contributed by atoms with van der Waals surface area (Å²) in [5.41, 5.74) is 0. The van der Waals surface area contributed by atoms with Gasteiger partial charge in [0.05, 0.1) is 52.9 Å². The van der Waals surface area contributed by atoms with Gasteiger partial charge in [-0.1, -0.05) is 25.3 Å². The Balaban J connectivity index is 5.25. The molecule has 0 spiro atoms. The van der Waals surface area contributed by atoms with E-state index in [-0.39, 0.29) is 26.4 Å². The minimum absolute atomic E-state index is 0.130. The maximum Gasteiger partial charge on any atom is 0.334 e. The first-order valence-electron chi connectivity index (χ1n) is 15.4. The second-order valence-electron chi connectivity index (χ2n) is 11.8. The third kappa shape index (κ3) is 23.5. The summed E-state index contributed by atoms with van der Waals surface area (Å²) in [6.07, 6.45) is 5.65. The van der Waals surface area contributed by atoms with Crippen molar-refractivity contribution in [1.82, 2.24) is 0 Å². The van der Waals surface area contributed by atoms with E-state index in [0.29, 0.717) is 39.6 Å². The van der Waals surface area contributed by atoms with E-state index in [1.165, 1.54) is 0 Å². The molecule has 0 amide bonds. The molecule has 0 saturated heterocycles. The van der Waals surface area contributed by atoms with Gasteiger partial charge in [0, 0.05) is 12.2 Å². The lowest BCUT2D eigenvalue weighted by atomic mass is 10.6. The predicted octanol–water partition coefficient (Wildman–Crippen LogP) is 5.49. The molecule has 11 nitrogen and oxygen atoms in total. The fourth-order valence-corrected chi connectivity index (χ4v) is 22.2. The van der Waals surface area contributed by atoms with E-state index in [4.69, 9.17) is 40.8 Å². The minimum Gasteiger partial charge on any atom is -0.460 e. The molecule has 0 saturated carbocycles. The molecule has 15 heteroatoms. The van der Waals surface area contributed by atoms with Gasteiger partial charge in [-0.2, -0.15) is 0 Å². The van der Waals surface area contributed by atoms with Gasteiger partial charge < -0.3 is 40.8 Å². The van der Waals surface area contributed by atoms with Crippen molar-refractivity contribution in [1.29, 1.82) is 0 Å². The molecule has 0 aromatic heterocycles. The molecule has 2 unspecified atom stereocenters. The molecule has 0 heterocycles. The van der Waals surface area contributed by atoms with Crippen molar-refractivity contribution in [2.45, 2.75) is 63.5 Å². The largest absolute Gasteiger partial charge is 0.460 e. The molecule has 0 aliphatic carbocycles. The van der Waals surface area contributed by atoms with Crippen LogP contribution in [-0.2, 0) is 50.4 Å². The van der Waals surface area contributed by atoms with Crippen molar-refractivity contribution >= 4 is 45.7 Å². The number of rotatable bonds is 30. The fourth-order valence-electron chi connectivity index (χ4n) is 4.16. The van der Waals surface area contributed by atoms with Crippen molar-refractivity contribution in [3.05, 3.63) is 50.6 Å². The molecule has 45 heavy (non-hydrogen) atoms. The lowest BCUT2D eigenvalue weighted by Crippen LogP contribution is -2.49. The average Bonchev–Trinajstić information content (AvgIpc) is 2.99. The van der Waals surface area contributed by atoms with E-state index in [9.17, 15) is 9.59 Å². The molecular formula is C30H58O11Si4. The summed E-state index contributed by atoms with van der Waals surface area (Å²) < 4.78 is 53.0. The molecule has 2 atom stereocenters. The van der Waals surface area contributed by atoms with E-state index in [0.717, 1.165) is 36.3 Å². The van der Waals surface area contributed by atoms with Crippen LogP contribution in [0.3, 0.4) is 0 Å². The van der Waals surface area contributed by atoms with Gasteiger partial charge in [0.2, 0.25) is 0 Å². The van der Waals surface area contributed by atoms with Gasteiger partial charge in [-0.3, -0.25) is 0 Å². The van der Waals surface area contributed by atoms with Gasteiger partial charge in [-0.15, -0.1) is 13.2 Å². The number of esters is 2. The first-order chi connectivity index (χ1) is 21.2. The van der Waals surface area contributed by atoms with Crippen molar-refractivity contribution in [2.75, 3.05) is 66.1 Å². The van der Waals surface area contributed by atoms with Gasteiger partial charge in [0.25, 0.3) is 0 Å². The van der Waals surface area contributed by atoms with E-state index in [1.807, 2.05) is 13.1 Å². The molecule has 0 aliphatic heterocycles. The Morgan fingerprint density at radius 1 is 0.511 bits per heavy atom. The predicted molar refractivity (Wildman–Crippen MR) is 187 cm³/mol. The second kappa shape index (κ2) is 23.8. The monoisotopic (exact) mass is 706 g/mol. The maximum atomic E-state index is 11.4. The van der Waals surface area contributed by atoms with Crippen molar-refractivity contribution in [2.24, 2.45) is 0 Å². The topological polar surface area (TPSA) is 117 Å². The van der Waals surface area contributed by atoms with Crippen LogP contribution in [0.25, 0.3) is 0 Å². The summed E-state index contributed by atoms with van der Waals surface area (Å²) in [5, 5.41) is 0. The number of carbonyl (C=O) groups excluding carboxylic acids is 2. The highest BCUT2D eigenvalue weighted by Crippen LogP contribution is 2.30. The Hall–Kier alpha value is -1.51. The van der Waals surface area contributed by atoms with E-state index in [1.54, 1.807) is 12.2 Å². The first-order valence-corrected chi connectivity index (χ1v) is 26.6. The van der Waals surface area contributed by atoms with Crippen LogP contribution in [0, 0.1) is 0 Å². The average molecular weight is 707 g/mol. The number of ether oxygens (including phenoxy) is 4. The first kappa shape index (κ1) is 43.5. The Bertz CT molecular complexity index is 833. The molecular weight excluding hydrogens is 649 g/mol. The second-order valence-corrected chi connectivity index (χ2v) is 27.3. The van der Waals surface area contributed by atoms with E-state index < -0.39 is 45.7 Å². The fraction of sp³-hybridized carbons (Fsp3) is 0.667. The molecule has 0 fully saturated rings. The molecule has 0 aromatic carbocycles. The highest BCUT2D eigenvalue weighted by Gasteiger charge is 2.41. The third-order valence-electron chi connectivity index (χ3n) is 6.46. The molecule has 0 aliphatic rings. The summed E-state index contributed by atoms with van der Waals surface area (Å²) in [4.78, 5) is 22.8. The van der Waals surface area contributed by atoms with Gasteiger partial charge in [0.15, 0.2) is 16.6 Å². The highest BCUT2D eigenvalue weighted by atomic mass is 28.4. The van der Waals surface area contributed by atoms with Crippen molar-refractivity contribution in [3.8, 4) is 0 Å². The highest BCUT2D eigenvalue weighted by molar-refractivity contribution is 6.86. The molecule has 0 radical (unpaired) electrons. The Morgan fingerprint density at radius 2 is 0.844 bits per heavy atom. The van der Waals surface area contributed by atoms with Crippen LogP contribution in [0.15, 0.2) is 50.6 Å². The quantitative estimate of drug-likeness (QED) is 0.0311. The Morgan fingerprint density at radius 3 is 1.16 bits per heavy atom. The van der Waals surface area contributed by atoms with Crippen LogP contribution in [0.4, 0.5) is 0 Å². The van der Waals surface area contributed by atoms with E-state index in [2.05, 4.69) is 52.5 Å². The van der Waals surface area contributed by atoms with Crippen LogP contribution in [0.2, 0.25) is 63.5 Å². The lowest BCUT2D eigenvalue weighted by molar-refractivity contribution is -0.139. The van der Waals surface area contributed by atoms with Crippen LogP contribution in [0.1, 0.15) is 0 Å². The van der Waals surface area contributed by atoms with E-state index >= 15 is 0 Å². The maximum absolute atomic E-state index is 11.4. The summed E-state index contributed by atoms with van der Waals surface area (Å²) in [6, 6.07) is 3.17. The van der Waals surface area contributed by atoms with Gasteiger partial charge >= 0.3 is 29.1 Å². The van der Waals surface area contributed by atoms with Gasteiger partial charge in [-0.25, -0.2) is 9.59 Å². The standard InChI is InChI=1S/C30H58O11Si4/c1-11-15-33-17-21-37-44(9,39-23-19-35-29(31)13-3)27-25-42(5,6)41-43(7,8)26-28-45(10,38-22-18-34-16-12-2)40-24-20-36-30(32)14-4/h11-14H,1-4,15-28H2,5-10H3. The molecule has 0 bridgehead atoms. The Labute approximate surface area is 275 Å². The summed E-state index contributed by atoms with van der Waals surface area (Å²) in [5.74, 6) is -0.969. The molecule has 0 N–H and O–H groups in total. The molecule has 0 aromatic rings. The third-order valence-corrected chi connectivity index (χ3v) is 20.4. The lowest BCUT2D eigenvalue weighted by Gasteiger charge is -2.37. The SMILES string of the molecule is C=CCOCCO[Si](C)(CC[Si](C)(C)O[Si](C)(C)CC[Si](C)(OCCOCC=C)OCCOC(=O)C=C)OCCOC(=O)C=C. The van der Waals surface area contributed by atoms with Crippen LogP contribution in [0.5, 0.6) is 0 Å². The molecule has 0 rings (SSSR count). The number of hydrogen-bond acceptors (Lipinski definition) is 11. The van der Waals surface area contributed by atoms with Crippen molar-refractivity contribution in [3.63, 3.8) is 0 Å². The normalized spacial score (nSPS) is 14.5.